The van der Waals surface area contributed by atoms with Crippen LogP contribution in [0.1, 0.15) is 17.0 Å². The van der Waals surface area contributed by atoms with E-state index in [0.717, 1.165) is 11.6 Å². The number of anilines is 1. The van der Waals surface area contributed by atoms with Gasteiger partial charge in [0, 0.05) is 6.54 Å². The Morgan fingerprint density at radius 3 is 2.57 bits per heavy atom. The van der Waals surface area contributed by atoms with Crippen LogP contribution in [0, 0.1) is 17.1 Å². The van der Waals surface area contributed by atoms with Crippen LogP contribution in [0.4, 0.5) is 10.1 Å². The van der Waals surface area contributed by atoms with Crippen LogP contribution in [0.2, 0.25) is 0 Å². The number of amides is 1. The molecule has 0 saturated carbocycles. The number of nitriles is 1. The van der Waals surface area contributed by atoms with E-state index in [4.69, 9.17) is 11.0 Å². The number of hydrogen-bond donors (Lipinski definition) is 2. The minimum atomic E-state index is -0.647. The lowest BCUT2D eigenvalue weighted by molar-refractivity contribution is -0.117. The fourth-order valence-corrected chi connectivity index (χ4v) is 1.99. The van der Waals surface area contributed by atoms with Crippen molar-refractivity contribution in [2.75, 3.05) is 11.9 Å². The molecule has 2 aromatic rings. The van der Waals surface area contributed by atoms with E-state index in [9.17, 15) is 9.18 Å². The van der Waals surface area contributed by atoms with Crippen LogP contribution in [-0.4, -0.2) is 12.5 Å². The van der Waals surface area contributed by atoms with E-state index in [0.29, 0.717) is 0 Å². The molecule has 0 saturated heterocycles. The molecular formula is C16H14FN3O. The molecule has 0 radical (unpaired) electrons. The van der Waals surface area contributed by atoms with Gasteiger partial charge in [-0.3, -0.25) is 4.79 Å². The molecule has 106 valence electrons. The zero-order valence-corrected chi connectivity index (χ0v) is 11.2. The molecule has 3 N–H and O–H groups in total. The van der Waals surface area contributed by atoms with Crippen molar-refractivity contribution in [2.45, 2.75) is 5.92 Å². The molecule has 5 heteroatoms. The lowest BCUT2D eigenvalue weighted by Crippen LogP contribution is -2.27. The van der Waals surface area contributed by atoms with Crippen molar-refractivity contribution in [3.63, 3.8) is 0 Å². The second-order valence-corrected chi connectivity index (χ2v) is 4.49. The van der Waals surface area contributed by atoms with Crippen molar-refractivity contribution in [3.05, 3.63) is 65.5 Å². The molecule has 4 nitrogen and oxygen atoms in total. The molecule has 1 amide bonds. The summed E-state index contributed by atoms with van der Waals surface area (Å²) in [4.78, 5) is 12.2. The molecule has 0 spiro atoms. The molecule has 1 unspecified atom stereocenters. The number of carbonyl (C=O) groups is 1. The van der Waals surface area contributed by atoms with Crippen molar-refractivity contribution in [2.24, 2.45) is 5.73 Å². The topological polar surface area (TPSA) is 78.9 Å². The summed E-state index contributed by atoms with van der Waals surface area (Å²) in [5.41, 5.74) is 6.65. The molecule has 0 aliphatic rings. The molecule has 1 atom stereocenters. The normalized spacial score (nSPS) is 11.5. The Kier molecular flexibility index (Phi) is 4.64. The Bertz CT molecular complexity index is 680. The first-order chi connectivity index (χ1) is 10.2. The third-order valence-corrected chi connectivity index (χ3v) is 3.11. The quantitative estimate of drug-likeness (QED) is 0.904. The van der Waals surface area contributed by atoms with Gasteiger partial charge in [-0.15, -0.1) is 0 Å². The first kappa shape index (κ1) is 14.7. The number of nitrogens with zero attached hydrogens (tertiary/aromatic N) is 1. The lowest BCUT2D eigenvalue weighted by atomic mass is 9.98. The van der Waals surface area contributed by atoms with E-state index in [1.165, 1.54) is 12.1 Å². The molecular weight excluding hydrogens is 269 g/mol. The van der Waals surface area contributed by atoms with Crippen LogP contribution < -0.4 is 11.1 Å². The van der Waals surface area contributed by atoms with Crippen molar-refractivity contribution in [3.8, 4) is 6.07 Å². The van der Waals surface area contributed by atoms with Gasteiger partial charge in [0.2, 0.25) is 5.91 Å². The van der Waals surface area contributed by atoms with Gasteiger partial charge in [-0.25, -0.2) is 4.39 Å². The standard InChI is InChI=1S/C16H14FN3O/c17-14-8-11(9-18)6-7-15(14)20-16(21)13(10-19)12-4-2-1-3-5-12/h1-8,13H,10,19H2,(H,20,21). The summed E-state index contributed by atoms with van der Waals surface area (Å²) in [5.74, 6) is -1.58. The number of nitrogens with two attached hydrogens (primary N) is 1. The largest absolute Gasteiger partial charge is 0.329 e. The Balaban J connectivity index is 2.19. The Morgan fingerprint density at radius 2 is 2.00 bits per heavy atom. The molecule has 0 aliphatic carbocycles. The van der Waals surface area contributed by atoms with E-state index < -0.39 is 11.7 Å². The van der Waals surface area contributed by atoms with Gasteiger partial charge in [0.1, 0.15) is 5.82 Å². The van der Waals surface area contributed by atoms with Crippen LogP contribution in [0.3, 0.4) is 0 Å². The number of halogens is 1. The van der Waals surface area contributed by atoms with E-state index in [1.807, 2.05) is 24.3 Å². The van der Waals surface area contributed by atoms with E-state index in [-0.39, 0.29) is 23.7 Å². The predicted molar refractivity (Wildman–Crippen MR) is 78.0 cm³/mol. The van der Waals surface area contributed by atoms with Crippen LogP contribution >= 0.6 is 0 Å². The Morgan fingerprint density at radius 1 is 1.29 bits per heavy atom. The summed E-state index contributed by atoms with van der Waals surface area (Å²) in [6.07, 6.45) is 0. The molecule has 0 aromatic heterocycles. The zero-order chi connectivity index (χ0) is 15.2. The second kappa shape index (κ2) is 6.64. The maximum absolute atomic E-state index is 13.8. The van der Waals surface area contributed by atoms with Crippen molar-refractivity contribution in [1.29, 1.82) is 5.26 Å². The molecule has 0 fully saturated rings. The molecule has 0 bridgehead atoms. The van der Waals surface area contributed by atoms with Crippen molar-refractivity contribution in [1.82, 2.24) is 0 Å². The summed E-state index contributed by atoms with van der Waals surface area (Å²) in [6, 6.07) is 14.8. The van der Waals surface area contributed by atoms with Gasteiger partial charge >= 0.3 is 0 Å². The van der Waals surface area contributed by atoms with Gasteiger partial charge in [-0.1, -0.05) is 30.3 Å². The highest BCUT2D eigenvalue weighted by atomic mass is 19.1. The fraction of sp³-hybridized carbons (Fsp3) is 0.125. The lowest BCUT2D eigenvalue weighted by Gasteiger charge is -2.15. The van der Waals surface area contributed by atoms with Gasteiger partial charge < -0.3 is 11.1 Å². The van der Waals surface area contributed by atoms with E-state index in [2.05, 4.69) is 5.32 Å². The summed E-state index contributed by atoms with van der Waals surface area (Å²) in [7, 11) is 0. The minimum Gasteiger partial charge on any atom is -0.329 e. The highest BCUT2D eigenvalue weighted by Crippen LogP contribution is 2.20. The van der Waals surface area contributed by atoms with E-state index in [1.54, 1.807) is 12.1 Å². The second-order valence-electron chi connectivity index (χ2n) is 4.49. The third-order valence-electron chi connectivity index (χ3n) is 3.11. The van der Waals surface area contributed by atoms with Gasteiger partial charge in [0.25, 0.3) is 0 Å². The first-order valence-corrected chi connectivity index (χ1v) is 6.41. The number of nitrogens with one attached hydrogen (secondary N) is 1. The van der Waals surface area contributed by atoms with Gasteiger partial charge in [0.05, 0.1) is 23.2 Å². The van der Waals surface area contributed by atoms with Crippen LogP contribution in [-0.2, 0) is 4.79 Å². The molecule has 0 aliphatic heterocycles. The monoisotopic (exact) mass is 283 g/mol. The maximum Gasteiger partial charge on any atom is 0.233 e. The zero-order valence-electron chi connectivity index (χ0n) is 11.2. The number of hydrogen-bond acceptors (Lipinski definition) is 3. The molecule has 2 aromatic carbocycles. The van der Waals surface area contributed by atoms with Gasteiger partial charge in [-0.2, -0.15) is 5.26 Å². The number of carbonyl (C=O) groups excluding carboxylic acids is 1. The maximum atomic E-state index is 13.8. The molecule has 0 heterocycles. The summed E-state index contributed by atoms with van der Waals surface area (Å²) in [6.45, 7) is 0.119. The van der Waals surface area contributed by atoms with Crippen LogP contribution in [0.25, 0.3) is 0 Å². The van der Waals surface area contributed by atoms with E-state index >= 15 is 0 Å². The molecule has 21 heavy (non-hydrogen) atoms. The van der Waals surface area contributed by atoms with Crippen molar-refractivity contribution < 1.29 is 9.18 Å². The highest BCUT2D eigenvalue weighted by Gasteiger charge is 2.20. The average molecular weight is 283 g/mol. The third kappa shape index (κ3) is 3.44. The predicted octanol–water partition coefficient (Wildman–Crippen LogP) is 2.38. The summed E-state index contributed by atoms with van der Waals surface area (Å²) in [5, 5.41) is 11.2. The Labute approximate surface area is 122 Å². The van der Waals surface area contributed by atoms with Crippen LogP contribution in [0.5, 0.6) is 0 Å². The summed E-state index contributed by atoms with van der Waals surface area (Å²) >= 11 is 0. The smallest absolute Gasteiger partial charge is 0.233 e. The first-order valence-electron chi connectivity index (χ1n) is 6.41. The van der Waals surface area contributed by atoms with Crippen LogP contribution in [0.15, 0.2) is 48.5 Å². The SMILES string of the molecule is N#Cc1ccc(NC(=O)C(CN)c2ccccc2)c(F)c1. The molecule has 2 rings (SSSR count). The van der Waals surface area contributed by atoms with Gasteiger partial charge in [0.15, 0.2) is 0 Å². The number of rotatable bonds is 4. The van der Waals surface area contributed by atoms with Crippen molar-refractivity contribution >= 4 is 11.6 Å². The average Bonchev–Trinajstić information content (AvgIpc) is 2.51. The number of benzene rings is 2. The highest BCUT2D eigenvalue weighted by molar-refractivity contribution is 5.96. The minimum absolute atomic E-state index is 0.0355. The van der Waals surface area contributed by atoms with Gasteiger partial charge in [-0.05, 0) is 23.8 Å². The Hall–Kier alpha value is -2.71. The summed E-state index contributed by atoms with van der Waals surface area (Å²) < 4.78 is 13.8. The fourth-order valence-electron chi connectivity index (χ4n) is 1.99.